The van der Waals surface area contributed by atoms with Gasteiger partial charge in [-0.3, -0.25) is 10.1 Å². The molecule has 313 valence electrons. The first-order valence-electron chi connectivity index (χ1n) is 19.3. The molecule has 9 rings (SSSR count). The van der Waals surface area contributed by atoms with Crippen molar-refractivity contribution in [3.63, 3.8) is 0 Å². The van der Waals surface area contributed by atoms with Crippen LogP contribution in [0.4, 0.5) is 5.69 Å². The van der Waals surface area contributed by atoms with Crippen LogP contribution in [0.25, 0.3) is 11.1 Å². The van der Waals surface area contributed by atoms with Crippen LogP contribution in [-0.4, -0.2) is 29.6 Å². The predicted octanol–water partition coefficient (Wildman–Crippen LogP) is 8.71. The average molecular weight is 1040 g/mol. The molecule has 0 aromatic heterocycles. The zero-order valence-corrected chi connectivity index (χ0v) is 37.7. The van der Waals surface area contributed by atoms with Gasteiger partial charge in [0.1, 0.15) is 0 Å². The zero-order chi connectivity index (χ0) is 42.7. The van der Waals surface area contributed by atoms with Gasteiger partial charge in [0, 0.05) is 41.7 Å². The van der Waals surface area contributed by atoms with Gasteiger partial charge in [-0.1, -0.05) is 153 Å². The van der Waals surface area contributed by atoms with E-state index in [9.17, 15) is 14.9 Å². The van der Waals surface area contributed by atoms with Gasteiger partial charge in [-0.15, -0.1) is 12.1 Å². The molecule has 0 bridgehead atoms. The maximum atomic E-state index is 10.4. The maximum absolute atomic E-state index is 10.4. The van der Waals surface area contributed by atoms with E-state index in [1.807, 2.05) is 0 Å². The monoisotopic (exact) mass is 1040 g/mol. The van der Waals surface area contributed by atoms with E-state index in [1.165, 1.54) is 38.2 Å². The van der Waals surface area contributed by atoms with Gasteiger partial charge in [0.15, 0.2) is 23.0 Å². The van der Waals surface area contributed by atoms with E-state index in [0.717, 1.165) is 46.3 Å². The second kappa shape index (κ2) is 21.4. The second-order valence-electron chi connectivity index (χ2n) is 13.4. The van der Waals surface area contributed by atoms with E-state index in [4.69, 9.17) is 29.3 Å². The molecular formula is C49H39IrN2O8P2-. The SMILES string of the molecule is CCC.N#Cc1c[c-]c(C(=O)O)cc1[N+](=O)[O-].[Ir].c1ccc(P(c2ccccc2)c2ccc3c(c2-c2c(P(c4ccccc4)c4ccccc4)ccc4c2OCO4)OCO3)cc1. The van der Waals surface area contributed by atoms with Gasteiger partial charge in [-0.25, -0.2) is 5.26 Å². The number of nitrogens with zero attached hydrogens (tertiary/aromatic N) is 2. The topological polar surface area (TPSA) is 141 Å². The molecule has 2 aliphatic rings. The largest absolute Gasteiger partial charge is 0.521 e. The fourth-order valence-corrected chi connectivity index (χ4v) is 11.7. The number of carboxylic acids is 1. The molecule has 0 atom stereocenters. The normalized spacial score (nSPS) is 11.6. The first-order chi connectivity index (χ1) is 29.8. The summed E-state index contributed by atoms with van der Waals surface area (Å²) in [6, 6.07) is 57.2. The summed E-state index contributed by atoms with van der Waals surface area (Å²) in [5.74, 6) is 1.67. The minimum atomic E-state index is -1.32. The van der Waals surface area contributed by atoms with Gasteiger partial charge < -0.3 is 28.8 Å². The number of hydrogen-bond donors (Lipinski definition) is 1. The van der Waals surface area contributed by atoms with Crippen LogP contribution in [-0.2, 0) is 20.1 Å². The van der Waals surface area contributed by atoms with E-state index in [1.54, 1.807) is 6.07 Å². The Hall–Kier alpha value is -6.39. The van der Waals surface area contributed by atoms with Crippen LogP contribution in [0, 0.1) is 27.5 Å². The number of hydrogen-bond acceptors (Lipinski definition) is 8. The summed E-state index contributed by atoms with van der Waals surface area (Å²) in [4.78, 5) is 20.0. The molecule has 2 heterocycles. The van der Waals surface area contributed by atoms with Crippen LogP contribution in [0.2, 0.25) is 0 Å². The molecule has 1 radical (unpaired) electrons. The van der Waals surface area contributed by atoms with Gasteiger partial charge in [0.2, 0.25) is 25.2 Å². The Kier molecular flexibility index (Phi) is 15.6. The molecule has 0 amide bonds. The minimum absolute atomic E-state index is 0. The Bertz CT molecular complexity index is 2460. The molecule has 7 aromatic rings. The molecule has 1 N–H and O–H groups in total. The van der Waals surface area contributed by atoms with Crippen LogP contribution < -0.4 is 50.8 Å². The van der Waals surface area contributed by atoms with Crippen molar-refractivity contribution < 1.29 is 53.9 Å². The Morgan fingerprint density at radius 2 is 1.05 bits per heavy atom. The Morgan fingerprint density at radius 1 is 0.677 bits per heavy atom. The van der Waals surface area contributed by atoms with Crippen molar-refractivity contribution in [2.45, 2.75) is 20.3 Å². The predicted molar refractivity (Wildman–Crippen MR) is 241 cm³/mol. The standard InChI is InChI=1S/C38H28O4P2.C8H3N2O4.C3H8.Ir/c1-5-13-27(14-6-1)43(28-15-7-2-8-16-28)33-23-21-31-37(41-25-39-31)35(33)36-34(24-22-32-38(36)42-26-40-32)44(29-17-9-3-10-18-29)30-19-11-4-12-20-30;9-4-6-2-1-5(8(11)12)3-7(6)10(13)14;1-3-2;/h1-24H,25-26H2;2-3H,(H,11,12);3H2,1-2H3;/q;-1;;. The van der Waals surface area contributed by atoms with Gasteiger partial charge in [0.05, 0.1) is 6.07 Å². The van der Waals surface area contributed by atoms with Crippen LogP contribution in [0.15, 0.2) is 158 Å². The van der Waals surface area contributed by atoms with Crippen LogP contribution >= 0.6 is 15.8 Å². The van der Waals surface area contributed by atoms with E-state index in [-0.39, 0.29) is 44.8 Å². The van der Waals surface area contributed by atoms with Gasteiger partial charge >= 0.3 is 0 Å². The third kappa shape index (κ3) is 9.87. The number of carboxylic acid groups (broad SMARTS) is 1. The van der Waals surface area contributed by atoms with Crippen molar-refractivity contribution in [2.75, 3.05) is 13.6 Å². The van der Waals surface area contributed by atoms with Crippen LogP contribution in [0.3, 0.4) is 0 Å². The summed E-state index contributed by atoms with van der Waals surface area (Å²) in [6.07, 6.45) is 1.25. The summed E-state index contributed by atoms with van der Waals surface area (Å²) in [5, 5.41) is 34.8. The summed E-state index contributed by atoms with van der Waals surface area (Å²) < 4.78 is 24.7. The minimum Gasteiger partial charge on any atom is -0.521 e. The van der Waals surface area contributed by atoms with E-state index >= 15 is 0 Å². The van der Waals surface area contributed by atoms with Crippen molar-refractivity contribution in [1.29, 1.82) is 5.26 Å². The molecule has 10 nitrogen and oxygen atoms in total. The molecule has 13 heteroatoms. The second-order valence-corrected chi connectivity index (χ2v) is 17.8. The number of rotatable bonds is 9. The van der Waals surface area contributed by atoms with Crippen LogP contribution in [0.5, 0.6) is 23.0 Å². The Labute approximate surface area is 375 Å². The smallest absolute Gasteiger partial charge is 0.247 e. The zero-order valence-electron chi connectivity index (χ0n) is 33.6. The van der Waals surface area contributed by atoms with Gasteiger partial charge in [-0.05, 0) is 71.9 Å². The van der Waals surface area contributed by atoms with Gasteiger partial charge in [-0.2, -0.15) is 0 Å². The Balaban J connectivity index is 0.000000302. The Morgan fingerprint density at radius 3 is 1.37 bits per heavy atom. The van der Waals surface area contributed by atoms with Crippen molar-refractivity contribution in [3.05, 3.63) is 185 Å². The van der Waals surface area contributed by atoms with Crippen molar-refractivity contribution in [2.24, 2.45) is 0 Å². The van der Waals surface area contributed by atoms with Crippen LogP contribution in [0.1, 0.15) is 36.2 Å². The molecule has 2 aliphatic heterocycles. The van der Waals surface area contributed by atoms with E-state index in [0.29, 0.717) is 0 Å². The molecular weight excluding hydrogens is 999 g/mol. The number of aromatic carboxylic acids is 1. The first-order valence-corrected chi connectivity index (χ1v) is 22.0. The number of carbonyl (C=O) groups is 1. The number of benzene rings is 7. The van der Waals surface area contributed by atoms with Crippen molar-refractivity contribution >= 4 is 59.3 Å². The molecule has 0 unspecified atom stereocenters. The fourth-order valence-electron chi connectivity index (χ4n) is 6.79. The molecule has 0 fully saturated rings. The third-order valence-electron chi connectivity index (χ3n) is 9.30. The summed E-state index contributed by atoms with van der Waals surface area (Å²) in [7, 11) is -1.94. The number of ether oxygens (including phenoxy) is 4. The van der Waals surface area contributed by atoms with E-state index < -0.39 is 32.4 Å². The first kappa shape index (κ1) is 45.1. The molecule has 62 heavy (non-hydrogen) atoms. The fraction of sp³-hybridized carbons (Fsp3) is 0.102. The summed E-state index contributed by atoms with van der Waals surface area (Å²) in [6.45, 7) is 4.60. The number of nitriles is 1. The number of nitro benzene ring substituents is 1. The molecule has 0 saturated heterocycles. The van der Waals surface area contributed by atoms with Crippen molar-refractivity contribution in [1.82, 2.24) is 0 Å². The molecule has 0 aliphatic carbocycles. The maximum Gasteiger partial charge on any atom is 0.247 e. The summed E-state index contributed by atoms with van der Waals surface area (Å²) in [5.41, 5.74) is 0.949. The third-order valence-corrected chi connectivity index (χ3v) is 14.3. The average Bonchev–Trinajstić information content (AvgIpc) is 3.99. The van der Waals surface area contributed by atoms with Gasteiger partial charge in [0.25, 0.3) is 0 Å². The molecule has 7 aromatic carbocycles. The molecule has 0 spiro atoms. The number of nitro groups is 1. The number of fused-ring (bicyclic) bond motifs is 2. The quantitative estimate of drug-likeness (QED) is 0.0651. The van der Waals surface area contributed by atoms with Crippen molar-refractivity contribution in [3.8, 4) is 40.2 Å². The van der Waals surface area contributed by atoms with E-state index in [2.05, 4.69) is 166 Å². The summed E-state index contributed by atoms with van der Waals surface area (Å²) >= 11 is 0. The molecule has 0 saturated carbocycles.